The molecule has 78 valence electrons. The average molecular weight is 270 g/mol. The second kappa shape index (κ2) is 4.03. The Morgan fingerprint density at radius 2 is 2.33 bits per heavy atom. The Morgan fingerprint density at radius 3 is 2.87 bits per heavy atom. The third kappa shape index (κ3) is 1.88. The minimum Gasteiger partial charge on any atom is -0.380 e. The maximum absolute atomic E-state index is 10.0. The predicted molar refractivity (Wildman–Crippen MR) is 54.8 cm³/mol. The van der Waals surface area contributed by atoms with Crippen LogP contribution < -0.4 is 0 Å². The van der Waals surface area contributed by atoms with Crippen LogP contribution in [0.1, 0.15) is 17.5 Å². The van der Waals surface area contributed by atoms with Crippen LogP contribution in [0.15, 0.2) is 23.2 Å². The number of aryl methyl sites for hydroxylation is 1. The minimum atomic E-state index is -0.859. The smallest absolute Gasteiger partial charge is 0.154 e. The van der Waals surface area contributed by atoms with Gasteiger partial charge in [-0.05, 0) is 22.0 Å². The van der Waals surface area contributed by atoms with Crippen LogP contribution in [0.2, 0.25) is 0 Å². The highest BCUT2D eigenvalue weighted by Crippen LogP contribution is 2.24. The van der Waals surface area contributed by atoms with Crippen LogP contribution in [-0.2, 0) is 7.05 Å². The standard InChI is InChI=1S/C8H8BrN5O/c1-14-6(8(9)12-13-14)7(15)5-2-3-10-4-11-5/h2-4,7,15H,1H3. The number of aliphatic hydroxyl groups is 1. The Hall–Kier alpha value is -1.34. The lowest BCUT2D eigenvalue weighted by molar-refractivity contribution is 0.204. The summed E-state index contributed by atoms with van der Waals surface area (Å²) in [5.74, 6) is 0. The molecule has 0 fully saturated rings. The van der Waals surface area contributed by atoms with Crippen LogP contribution in [0.3, 0.4) is 0 Å². The number of hydrogen-bond donors (Lipinski definition) is 1. The van der Waals surface area contributed by atoms with Gasteiger partial charge in [-0.2, -0.15) is 0 Å². The van der Waals surface area contributed by atoms with Gasteiger partial charge in [0.15, 0.2) is 4.60 Å². The van der Waals surface area contributed by atoms with Gasteiger partial charge in [-0.15, -0.1) is 5.10 Å². The minimum absolute atomic E-state index is 0.510. The molecule has 0 spiro atoms. The molecule has 0 aliphatic carbocycles. The van der Waals surface area contributed by atoms with Crippen molar-refractivity contribution in [3.63, 3.8) is 0 Å². The van der Waals surface area contributed by atoms with Crippen LogP contribution in [0.5, 0.6) is 0 Å². The highest BCUT2D eigenvalue weighted by molar-refractivity contribution is 9.10. The fraction of sp³-hybridized carbons (Fsp3) is 0.250. The molecule has 7 heteroatoms. The molecule has 0 aromatic carbocycles. The number of rotatable bonds is 2. The highest BCUT2D eigenvalue weighted by Gasteiger charge is 2.20. The second-order valence-electron chi connectivity index (χ2n) is 2.93. The average Bonchev–Trinajstić information content (AvgIpc) is 2.59. The van der Waals surface area contributed by atoms with Gasteiger partial charge in [-0.3, -0.25) is 0 Å². The summed E-state index contributed by atoms with van der Waals surface area (Å²) < 4.78 is 2.01. The van der Waals surface area contributed by atoms with Gasteiger partial charge in [0.25, 0.3) is 0 Å². The summed E-state index contributed by atoms with van der Waals surface area (Å²) in [5, 5.41) is 17.6. The van der Waals surface area contributed by atoms with Gasteiger partial charge in [0, 0.05) is 13.2 Å². The molecular weight excluding hydrogens is 262 g/mol. The predicted octanol–water partition coefficient (Wildman–Crippen LogP) is 0.449. The van der Waals surface area contributed by atoms with Crippen molar-refractivity contribution in [2.45, 2.75) is 6.10 Å². The first-order chi connectivity index (χ1) is 7.20. The number of aliphatic hydroxyl groups excluding tert-OH is 1. The Balaban J connectivity index is 2.41. The van der Waals surface area contributed by atoms with Crippen molar-refractivity contribution in [2.24, 2.45) is 7.05 Å². The lowest BCUT2D eigenvalue weighted by Crippen LogP contribution is -2.08. The van der Waals surface area contributed by atoms with Gasteiger partial charge in [0.1, 0.15) is 18.1 Å². The molecule has 0 bridgehead atoms. The van der Waals surface area contributed by atoms with Crippen molar-refractivity contribution in [3.05, 3.63) is 34.6 Å². The van der Waals surface area contributed by atoms with E-state index in [0.717, 1.165) is 0 Å². The summed E-state index contributed by atoms with van der Waals surface area (Å²) in [6, 6.07) is 1.64. The van der Waals surface area contributed by atoms with Crippen LogP contribution in [0.4, 0.5) is 0 Å². The van der Waals surface area contributed by atoms with E-state index >= 15 is 0 Å². The van der Waals surface area contributed by atoms with Gasteiger partial charge in [-0.1, -0.05) is 5.21 Å². The maximum Gasteiger partial charge on any atom is 0.154 e. The lowest BCUT2D eigenvalue weighted by Gasteiger charge is -2.09. The molecular formula is C8H8BrN5O. The SMILES string of the molecule is Cn1nnc(Br)c1C(O)c1ccncn1. The fourth-order valence-corrected chi connectivity index (χ4v) is 1.78. The molecule has 0 amide bonds. The molecule has 2 aromatic heterocycles. The molecule has 1 N–H and O–H groups in total. The maximum atomic E-state index is 10.0. The Kier molecular flexibility index (Phi) is 2.74. The van der Waals surface area contributed by atoms with Crippen molar-refractivity contribution < 1.29 is 5.11 Å². The van der Waals surface area contributed by atoms with Crippen LogP contribution in [0, 0.1) is 0 Å². The first-order valence-electron chi connectivity index (χ1n) is 4.19. The normalized spacial score (nSPS) is 12.7. The topological polar surface area (TPSA) is 76.7 Å². The first kappa shape index (κ1) is 10.2. The van der Waals surface area contributed by atoms with Crippen LogP contribution >= 0.6 is 15.9 Å². The van der Waals surface area contributed by atoms with Gasteiger partial charge in [0.2, 0.25) is 0 Å². The molecule has 2 aromatic rings. The monoisotopic (exact) mass is 269 g/mol. The van der Waals surface area contributed by atoms with Crippen molar-refractivity contribution in [3.8, 4) is 0 Å². The Morgan fingerprint density at radius 1 is 1.53 bits per heavy atom. The van der Waals surface area contributed by atoms with Crippen molar-refractivity contribution in [2.75, 3.05) is 0 Å². The van der Waals surface area contributed by atoms with Crippen molar-refractivity contribution in [1.82, 2.24) is 25.0 Å². The highest BCUT2D eigenvalue weighted by atomic mass is 79.9. The quantitative estimate of drug-likeness (QED) is 0.857. The summed E-state index contributed by atoms with van der Waals surface area (Å²) in [4.78, 5) is 7.75. The molecule has 1 atom stereocenters. The van der Waals surface area contributed by atoms with Crippen LogP contribution in [-0.4, -0.2) is 30.1 Å². The molecule has 0 aliphatic rings. The number of nitrogens with zero attached hydrogens (tertiary/aromatic N) is 5. The number of hydrogen-bond acceptors (Lipinski definition) is 5. The zero-order valence-electron chi connectivity index (χ0n) is 7.87. The van der Waals surface area contributed by atoms with E-state index in [-0.39, 0.29) is 0 Å². The van der Waals surface area contributed by atoms with E-state index in [1.54, 1.807) is 19.3 Å². The molecule has 0 saturated carbocycles. The third-order valence-corrected chi connectivity index (χ3v) is 2.54. The summed E-state index contributed by atoms with van der Waals surface area (Å²) in [7, 11) is 1.71. The lowest BCUT2D eigenvalue weighted by atomic mass is 10.2. The van der Waals surface area contributed by atoms with E-state index in [1.807, 2.05) is 0 Å². The third-order valence-electron chi connectivity index (χ3n) is 1.97. The summed E-state index contributed by atoms with van der Waals surface area (Å²) in [6.07, 6.45) is 2.10. The van der Waals surface area contributed by atoms with Crippen LogP contribution in [0.25, 0.3) is 0 Å². The van der Waals surface area contributed by atoms with E-state index < -0.39 is 6.10 Å². The molecule has 15 heavy (non-hydrogen) atoms. The van der Waals surface area contributed by atoms with Crippen molar-refractivity contribution in [1.29, 1.82) is 0 Å². The zero-order valence-corrected chi connectivity index (χ0v) is 9.46. The fourth-order valence-electron chi connectivity index (χ4n) is 1.23. The number of aromatic nitrogens is 5. The van der Waals surface area contributed by atoms with E-state index in [0.29, 0.717) is 16.0 Å². The molecule has 6 nitrogen and oxygen atoms in total. The Bertz CT molecular complexity index is 438. The number of halogens is 1. The molecule has 1 unspecified atom stereocenters. The molecule has 0 radical (unpaired) electrons. The summed E-state index contributed by atoms with van der Waals surface area (Å²) in [5.41, 5.74) is 1.07. The van der Waals surface area contributed by atoms with Gasteiger partial charge < -0.3 is 5.11 Å². The van der Waals surface area contributed by atoms with E-state index in [1.165, 1.54) is 11.0 Å². The van der Waals surface area contributed by atoms with Crippen molar-refractivity contribution >= 4 is 15.9 Å². The van der Waals surface area contributed by atoms with Gasteiger partial charge in [0.05, 0.1) is 5.69 Å². The van der Waals surface area contributed by atoms with E-state index in [4.69, 9.17) is 0 Å². The van der Waals surface area contributed by atoms with Gasteiger partial charge in [-0.25, -0.2) is 14.6 Å². The van der Waals surface area contributed by atoms with E-state index in [2.05, 4.69) is 36.2 Å². The first-order valence-corrected chi connectivity index (χ1v) is 4.98. The molecule has 0 aliphatic heterocycles. The zero-order chi connectivity index (χ0) is 10.8. The Labute approximate surface area is 94.1 Å². The molecule has 2 heterocycles. The molecule has 0 saturated heterocycles. The second-order valence-corrected chi connectivity index (χ2v) is 3.68. The summed E-state index contributed by atoms with van der Waals surface area (Å²) in [6.45, 7) is 0. The largest absolute Gasteiger partial charge is 0.380 e. The van der Waals surface area contributed by atoms with E-state index in [9.17, 15) is 5.11 Å². The molecule has 2 rings (SSSR count). The summed E-state index contributed by atoms with van der Waals surface area (Å²) >= 11 is 3.22. The van der Waals surface area contributed by atoms with Gasteiger partial charge >= 0.3 is 0 Å².